The second kappa shape index (κ2) is 6.01. The van der Waals surface area contributed by atoms with Crippen molar-refractivity contribution < 1.29 is 9.90 Å². The van der Waals surface area contributed by atoms with Crippen molar-refractivity contribution in [3.63, 3.8) is 0 Å². The van der Waals surface area contributed by atoms with Gasteiger partial charge in [0.1, 0.15) is 0 Å². The van der Waals surface area contributed by atoms with E-state index in [1.807, 2.05) is 6.20 Å². The molecule has 0 aliphatic carbocycles. The lowest BCUT2D eigenvalue weighted by Gasteiger charge is -2.46. The molecule has 1 N–H and O–H groups in total. The first-order valence-corrected chi connectivity index (χ1v) is 8.69. The summed E-state index contributed by atoms with van der Waals surface area (Å²) < 4.78 is 2.34. The number of fused-ring (bicyclic) bond motifs is 3. The van der Waals surface area contributed by atoms with Crippen LogP contribution in [0.3, 0.4) is 0 Å². The molecular formula is C15H23N3O2S. The van der Waals surface area contributed by atoms with Gasteiger partial charge in [0.15, 0.2) is 5.16 Å². The number of nitrogens with zero attached hydrogens (tertiary/aromatic N) is 3. The van der Waals surface area contributed by atoms with Crippen LogP contribution in [0.2, 0.25) is 0 Å². The minimum absolute atomic E-state index is 0.0790. The van der Waals surface area contributed by atoms with E-state index in [1.54, 1.807) is 0 Å². The van der Waals surface area contributed by atoms with Gasteiger partial charge in [-0.05, 0) is 37.8 Å². The first-order valence-electron chi connectivity index (χ1n) is 7.70. The first-order chi connectivity index (χ1) is 10.1. The van der Waals surface area contributed by atoms with Gasteiger partial charge in [0.25, 0.3) is 0 Å². The zero-order valence-electron chi connectivity index (χ0n) is 12.7. The molecule has 0 spiro atoms. The highest BCUT2D eigenvalue weighted by Crippen LogP contribution is 2.39. The Bertz CT molecular complexity index is 521. The van der Waals surface area contributed by atoms with Gasteiger partial charge in [-0.15, -0.1) is 0 Å². The molecule has 4 heterocycles. The van der Waals surface area contributed by atoms with Crippen molar-refractivity contribution in [1.82, 2.24) is 14.5 Å². The highest BCUT2D eigenvalue weighted by atomic mass is 32.2. The number of hydrogen-bond donors (Lipinski definition) is 1. The van der Waals surface area contributed by atoms with E-state index in [0.717, 1.165) is 11.7 Å². The molecule has 4 rings (SSSR count). The van der Waals surface area contributed by atoms with E-state index >= 15 is 0 Å². The molecule has 3 aliphatic rings. The van der Waals surface area contributed by atoms with E-state index in [4.69, 9.17) is 5.11 Å². The summed E-state index contributed by atoms with van der Waals surface area (Å²) in [6.07, 6.45) is 4.44. The topological polar surface area (TPSA) is 58.4 Å². The monoisotopic (exact) mass is 309 g/mol. The van der Waals surface area contributed by atoms with Gasteiger partial charge in [-0.2, -0.15) is 0 Å². The minimum atomic E-state index is -0.783. The fraction of sp³-hybridized carbons (Fsp3) is 0.733. The molecule has 5 nitrogen and oxygen atoms in total. The van der Waals surface area contributed by atoms with Crippen LogP contribution < -0.4 is 0 Å². The number of carboxylic acids is 1. The predicted molar refractivity (Wildman–Crippen MR) is 82.9 cm³/mol. The van der Waals surface area contributed by atoms with Crippen LogP contribution in [0.5, 0.6) is 0 Å². The van der Waals surface area contributed by atoms with Crippen LogP contribution in [-0.4, -0.2) is 50.9 Å². The molecule has 0 amide bonds. The number of rotatable bonds is 5. The average molecular weight is 309 g/mol. The summed E-state index contributed by atoms with van der Waals surface area (Å²) in [5, 5.41) is 9.81. The molecule has 3 saturated heterocycles. The summed E-state index contributed by atoms with van der Waals surface area (Å²) >= 11 is 1.35. The maximum absolute atomic E-state index is 10.9. The molecular weight excluding hydrogens is 286 g/mol. The van der Waals surface area contributed by atoms with Crippen molar-refractivity contribution in [2.24, 2.45) is 5.92 Å². The van der Waals surface area contributed by atoms with Crippen molar-refractivity contribution in [3.05, 3.63) is 11.9 Å². The van der Waals surface area contributed by atoms with Gasteiger partial charge in [0.2, 0.25) is 0 Å². The van der Waals surface area contributed by atoms with Crippen molar-refractivity contribution in [2.75, 3.05) is 25.4 Å². The Morgan fingerprint density at radius 3 is 2.71 bits per heavy atom. The smallest absolute Gasteiger partial charge is 0.313 e. The number of piperidine rings is 3. The summed E-state index contributed by atoms with van der Waals surface area (Å²) in [6.45, 7) is 7.87. The Morgan fingerprint density at radius 2 is 2.19 bits per heavy atom. The van der Waals surface area contributed by atoms with Gasteiger partial charge in [-0.25, -0.2) is 4.98 Å². The third kappa shape index (κ3) is 2.97. The normalized spacial score (nSPS) is 28.2. The molecule has 116 valence electrons. The number of aliphatic carboxylic acids is 1. The Hall–Kier alpha value is -1.01. The second-order valence-electron chi connectivity index (χ2n) is 6.38. The molecule has 21 heavy (non-hydrogen) atoms. The first kappa shape index (κ1) is 14.9. The number of aromatic nitrogens is 2. The van der Waals surface area contributed by atoms with Gasteiger partial charge in [-0.3, -0.25) is 4.79 Å². The van der Waals surface area contributed by atoms with Gasteiger partial charge >= 0.3 is 5.97 Å². The van der Waals surface area contributed by atoms with E-state index in [9.17, 15) is 4.79 Å². The molecule has 0 radical (unpaired) electrons. The van der Waals surface area contributed by atoms with Crippen LogP contribution in [0.1, 0.15) is 44.3 Å². The minimum Gasteiger partial charge on any atom is -0.481 e. The van der Waals surface area contributed by atoms with E-state index in [0.29, 0.717) is 17.9 Å². The lowest BCUT2D eigenvalue weighted by Crippen LogP contribution is -2.48. The van der Waals surface area contributed by atoms with Crippen molar-refractivity contribution in [2.45, 2.75) is 43.8 Å². The van der Waals surface area contributed by atoms with Crippen LogP contribution in [0, 0.1) is 5.92 Å². The van der Waals surface area contributed by atoms with Gasteiger partial charge in [0.05, 0.1) is 11.8 Å². The maximum atomic E-state index is 10.9. The fourth-order valence-corrected chi connectivity index (χ4v) is 4.34. The molecule has 0 aromatic carbocycles. The van der Waals surface area contributed by atoms with Crippen LogP contribution in [-0.2, 0) is 4.79 Å². The van der Waals surface area contributed by atoms with Crippen molar-refractivity contribution >= 4 is 17.7 Å². The number of imidazole rings is 1. The number of carbonyl (C=O) groups is 1. The molecule has 0 saturated carbocycles. The number of carboxylic acid groups (broad SMARTS) is 1. The summed E-state index contributed by atoms with van der Waals surface area (Å²) in [4.78, 5) is 17.9. The average Bonchev–Trinajstić information content (AvgIpc) is 2.90. The Morgan fingerprint density at radius 1 is 1.48 bits per heavy atom. The lowest BCUT2D eigenvalue weighted by molar-refractivity contribution is -0.133. The molecule has 3 aliphatic heterocycles. The third-order valence-corrected chi connectivity index (χ3v) is 5.61. The zero-order valence-corrected chi connectivity index (χ0v) is 13.5. The van der Waals surface area contributed by atoms with Crippen LogP contribution >= 0.6 is 11.8 Å². The second-order valence-corrected chi connectivity index (χ2v) is 7.32. The Balaban J connectivity index is 1.90. The van der Waals surface area contributed by atoms with E-state index in [-0.39, 0.29) is 5.75 Å². The molecule has 1 aromatic heterocycles. The molecule has 3 fully saturated rings. The number of hydrogen-bond acceptors (Lipinski definition) is 4. The molecule has 1 aromatic rings. The SMILES string of the molecule is CC(C)c1cnc(SCC(=O)O)n1C1CN2CCC1CC2. The predicted octanol–water partition coefficient (Wildman–Crippen LogP) is 2.45. The summed E-state index contributed by atoms with van der Waals surface area (Å²) in [6, 6.07) is 0.462. The number of thioether (sulfide) groups is 1. The van der Waals surface area contributed by atoms with Gasteiger partial charge in [0, 0.05) is 18.4 Å². The Labute approximate surface area is 129 Å². The zero-order chi connectivity index (χ0) is 15.0. The van der Waals surface area contributed by atoms with E-state index in [2.05, 4.69) is 28.3 Å². The van der Waals surface area contributed by atoms with E-state index < -0.39 is 5.97 Å². The van der Waals surface area contributed by atoms with Crippen LogP contribution in [0.25, 0.3) is 0 Å². The lowest BCUT2D eigenvalue weighted by atomic mass is 9.83. The molecule has 6 heteroatoms. The summed E-state index contributed by atoms with van der Waals surface area (Å²) in [7, 11) is 0. The molecule has 1 unspecified atom stereocenters. The highest BCUT2D eigenvalue weighted by Gasteiger charge is 2.37. The molecule has 2 bridgehead atoms. The third-order valence-electron chi connectivity index (χ3n) is 4.66. The van der Waals surface area contributed by atoms with E-state index in [1.165, 1.54) is 43.4 Å². The van der Waals surface area contributed by atoms with Crippen molar-refractivity contribution in [3.8, 4) is 0 Å². The largest absolute Gasteiger partial charge is 0.481 e. The standard InChI is InChI=1S/C15H23N3O2S/c1-10(2)12-7-16-15(21-9-14(19)20)18(12)13-8-17-5-3-11(13)4-6-17/h7,10-11,13H,3-6,8-9H2,1-2H3,(H,19,20). The van der Waals surface area contributed by atoms with Crippen molar-refractivity contribution in [1.29, 1.82) is 0 Å². The fourth-order valence-electron chi connectivity index (χ4n) is 3.58. The summed E-state index contributed by atoms with van der Waals surface area (Å²) in [5.74, 6) is 0.419. The van der Waals surface area contributed by atoms with Crippen LogP contribution in [0.4, 0.5) is 0 Å². The maximum Gasteiger partial charge on any atom is 0.313 e. The quantitative estimate of drug-likeness (QED) is 0.847. The van der Waals surface area contributed by atoms with Crippen LogP contribution in [0.15, 0.2) is 11.4 Å². The highest BCUT2D eigenvalue weighted by molar-refractivity contribution is 7.99. The molecule has 1 atom stereocenters. The summed E-state index contributed by atoms with van der Waals surface area (Å²) in [5.41, 5.74) is 1.24. The Kier molecular flexibility index (Phi) is 4.26. The van der Waals surface area contributed by atoms with Gasteiger partial charge < -0.3 is 14.6 Å². The van der Waals surface area contributed by atoms with Gasteiger partial charge in [-0.1, -0.05) is 25.6 Å².